The van der Waals surface area contributed by atoms with Crippen LogP contribution in [0.25, 0.3) is 0 Å². The predicted molar refractivity (Wildman–Crippen MR) is 62.2 cm³/mol. The maximum absolute atomic E-state index is 9.12. The third kappa shape index (κ3) is 1.73. The second-order valence-electron chi connectivity index (χ2n) is 3.66. The highest BCUT2D eigenvalue weighted by Gasteiger charge is 2.46. The minimum Gasteiger partial charge on any atom is -0.495 e. The van der Waals surface area contributed by atoms with E-state index in [1.54, 1.807) is 13.2 Å². The second kappa shape index (κ2) is 3.70. The summed E-state index contributed by atoms with van der Waals surface area (Å²) < 4.78 is 6.03. The lowest BCUT2D eigenvalue weighted by Gasteiger charge is -2.12. The van der Waals surface area contributed by atoms with Gasteiger partial charge in [-0.15, -0.1) is 0 Å². The van der Waals surface area contributed by atoms with Crippen LogP contribution in [0.4, 0.5) is 0 Å². The first-order valence-electron chi connectivity index (χ1n) is 4.58. The molecule has 1 aliphatic rings. The largest absolute Gasteiger partial charge is 0.495 e. The second-order valence-corrected chi connectivity index (χ2v) is 4.92. The van der Waals surface area contributed by atoms with Gasteiger partial charge in [-0.2, -0.15) is 5.26 Å². The van der Waals surface area contributed by atoms with Gasteiger partial charge in [-0.25, -0.2) is 0 Å². The van der Waals surface area contributed by atoms with Gasteiger partial charge in [0, 0.05) is 4.47 Å². The molecule has 0 heterocycles. The van der Waals surface area contributed by atoms with Crippen molar-refractivity contribution in [2.75, 3.05) is 7.11 Å². The summed E-state index contributed by atoms with van der Waals surface area (Å²) in [6.07, 6.45) is 1.82. The summed E-state index contributed by atoms with van der Waals surface area (Å²) in [4.78, 5) is 0. The summed E-state index contributed by atoms with van der Waals surface area (Å²) in [5.74, 6) is 0.622. The summed E-state index contributed by atoms with van der Waals surface area (Å²) >= 11 is 9.41. The molecule has 0 aliphatic heterocycles. The highest BCUT2D eigenvalue weighted by Crippen LogP contribution is 2.51. The molecule has 1 saturated carbocycles. The van der Waals surface area contributed by atoms with Gasteiger partial charge >= 0.3 is 0 Å². The van der Waals surface area contributed by atoms with Gasteiger partial charge in [-0.3, -0.25) is 0 Å². The smallest absolute Gasteiger partial charge is 0.137 e. The molecule has 0 aromatic heterocycles. The van der Waals surface area contributed by atoms with Crippen LogP contribution in [0.5, 0.6) is 5.75 Å². The summed E-state index contributed by atoms with van der Waals surface area (Å²) in [6, 6.07) is 5.99. The van der Waals surface area contributed by atoms with Crippen LogP contribution in [0.3, 0.4) is 0 Å². The summed E-state index contributed by atoms with van der Waals surface area (Å²) in [7, 11) is 1.57. The molecule has 1 aromatic carbocycles. The van der Waals surface area contributed by atoms with Gasteiger partial charge in [0.25, 0.3) is 0 Å². The maximum atomic E-state index is 9.12. The van der Waals surface area contributed by atoms with E-state index in [0.717, 1.165) is 22.9 Å². The average molecular weight is 287 g/mol. The molecular formula is C11H9BrClNO. The van der Waals surface area contributed by atoms with Crippen LogP contribution in [0.15, 0.2) is 16.6 Å². The Morgan fingerprint density at radius 1 is 1.53 bits per heavy atom. The van der Waals surface area contributed by atoms with E-state index < -0.39 is 0 Å². The van der Waals surface area contributed by atoms with Crippen molar-refractivity contribution in [3.63, 3.8) is 0 Å². The molecule has 15 heavy (non-hydrogen) atoms. The lowest BCUT2D eigenvalue weighted by atomic mass is 9.97. The molecule has 0 unspecified atom stereocenters. The zero-order valence-electron chi connectivity index (χ0n) is 8.18. The van der Waals surface area contributed by atoms with Crippen molar-refractivity contribution in [2.24, 2.45) is 0 Å². The van der Waals surface area contributed by atoms with Crippen LogP contribution in [0.2, 0.25) is 5.02 Å². The van der Waals surface area contributed by atoms with E-state index >= 15 is 0 Å². The van der Waals surface area contributed by atoms with Crippen molar-refractivity contribution in [2.45, 2.75) is 18.3 Å². The van der Waals surface area contributed by atoms with Gasteiger partial charge < -0.3 is 4.74 Å². The molecule has 0 N–H and O–H groups in total. The van der Waals surface area contributed by atoms with Crippen LogP contribution in [0.1, 0.15) is 18.4 Å². The summed E-state index contributed by atoms with van der Waals surface area (Å²) in [5.41, 5.74) is 0.655. The van der Waals surface area contributed by atoms with E-state index in [-0.39, 0.29) is 5.41 Å². The molecule has 0 bridgehead atoms. The van der Waals surface area contributed by atoms with Gasteiger partial charge in [0.15, 0.2) is 0 Å². The first kappa shape index (κ1) is 10.8. The van der Waals surface area contributed by atoms with E-state index in [4.69, 9.17) is 21.6 Å². The Balaban J connectivity index is 2.54. The number of nitrogens with zero attached hydrogens (tertiary/aromatic N) is 1. The van der Waals surface area contributed by atoms with Crippen molar-refractivity contribution in [3.8, 4) is 11.8 Å². The molecule has 2 rings (SSSR count). The Hall–Kier alpha value is -0.720. The number of ether oxygens (including phenoxy) is 1. The quantitative estimate of drug-likeness (QED) is 0.831. The van der Waals surface area contributed by atoms with Gasteiger partial charge in [0.05, 0.1) is 23.6 Å². The topological polar surface area (TPSA) is 33.0 Å². The van der Waals surface area contributed by atoms with Crippen molar-refractivity contribution in [1.82, 2.24) is 0 Å². The van der Waals surface area contributed by atoms with E-state index in [1.165, 1.54) is 0 Å². The predicted octanol–water partition coefficient (Wildman–Crippen LogP) is 3.67. The number of benzene rings is 1. The fourth-order valence-electron chi connectivity index (χ4n) is 1.62. The summed E-state index contributed by atoms with van der Waals surface area (Å²) in [5, 5.41) is 9.68. The molecule has 4 heteroatoms. The third-order valence-electron chi connectivity index (χ3n) is 2.72. The van der Waals surface area contributed by atoms with Crippen molar-refractivity contribution in [1.29, 1.82) is 5.26 Å². The molecule has 0 amide bonds. The zero-order chi connectivity index (χ0) is 11.1. The summed E-state index contributed by atoms with van der Waals surface area (Å²) in [6.45, 7) is 0. The molecule has 1 fully saturated rings. The SMILES string of the molecule is COc1cc(C2(C#N)CC2)c(Br)cc1Cl. The highest BCUT2D eigenvalue weighted by molar-refractivity contribution is 9.10. The van der Waals surface area contributed by atoms with Crippen LogP contribution in [-0.2, 0) is 5.41 Å². The molecular weight excluding hydrogens is 277 g/mol. The van der Waals surface area contributed by atoms with E-state index in [2.05, 4.69) is 22.0 Å². The van der Waals surface area contributed by atoms with E-state index in [0.29, 0.717) is 10.8 Å². The van der Waals surface area contributed by atoms with Gasteiger partial charge in [0.2, 0.25) is 0 Å². The van der Waals surface area contributed by atoms with Crippen molar-refractivity contribution >= 4 is 27.5 Å². The third-order valence-corrected chi connectivity index (χ3v) is 3.67. The number of rotatable bonds is 2. The van der Waals surface area contributed by atoms with Gasteiger partial charge in [0.1, 0.15) is 5.75 Å². The molecule has 2 nitrogen and oxygen atoms in total. The molecule has 1 aromatic rings. The minimum absolute atomic E-state index is 0.323. The van der Waals surface area contributed by atoms with Crippen LogP contribution < -0.4 is 4.74 Å². The Kier molecular flexibility index (Phi) is 2.66. The first-order chi connectivity index (χ1) is 7.13. The molecule has 78 valence electrons. The Morgan fingerprint density at radius 2 is 2.20 bits per heavy atom. The highest BCUT2D eigenvalue weighted by atomic mass is 79.9. The minimum atomic E-state index is -0.323. The Bertz CT molecular complexity index is 449. The average Bonchev–Trinajstić information content (AvgIpc) is 2.99. The molecule has 0 atom stereocenters. The number of nitriles is 1. The Labute approximate surface area is 102 Å². The number of methoxy groups -OCH3 is 1. The van der Waals surface area contributed by atoms with Crippen LogP contribution >= 0.6 is 27.5 Å². The van der Waals surface area contributed by atoms with E-state index in [1.807, 2.05) is 6.07 Å². The normalized spacial score (nSPS) is 16.9. The van der Waals surface area contributed by atoms with Gasteiger partial charge in [-0.05, 0) is 30.5 Å². The molecule has 0 spiro atoms. The Morgan fingerprint density at radius 3 is 2.67 bits per heavy atom. The molecule has 0 radical (unpaired) electrons. The molecule has 1 aliphatic carbocycles. The van der Waals surface area contributed by atoms with Crippen LogP contribution in [-0.4, -0.2) is 7.11 Å². The number of hydrogen-bond donors (Lipinski definition) is 0. The van der Waals surface area contributed by atoms with Crippen LogP contribution in [0, 0.1) is 11.3 Å². The fourth-order valence-corrected chi connectivity index (χ4v) is 2.71. The van der Waals surface area contributed by atoms with E-state index in [9.17, 15) is 0 Å². The first-order valence-corrected chi connectivity index (χ1v) is 5.75. The maximum Gasteiger partial charge on any atom is 0.137 e. The number of hydrogen-bond acceptors (Lipinski definition) is 2. The molecule has 0 saturated heterocycles. The van der Waals surface area contributed by atoms with Crippen molar-refractivity contribution in [3.05, 3.63) is 27.2 Å². The lowest BCUT2D eigenvalue weighted by molar-refractivity contribution is 0.414. The van der Waals surface area contributed by atoms with Gasteiger partial charge in [-0.1, -0.05) is 27.5 Å². The zero-order valence-corrected chi connectivity index (χ0v) is 10.5. The monoisotopic (exact) mass is 285 g/mol. The number of halogens is 2. The van der Waals surface area contributed by atoms with Crippen molar-refractivity contribution < 1.29 is 4.74 Å². The lowest BCUT2D eigenvalue weighted by Crippen LogP contribution is -2.04. The fraction of sp³-hybridized carbons (Fsp3) is 0.364. The standard InChI is InChI=1S/C11H9BrClNO/c1-15-10-4-7(8(12)5-9(10)13)11(6-14)2-3-11/h4-5H,2-3H2,1H3.